The number of carbonyl (C=O) groups excluding carboxylic acids is 1. The van der Waals surface area contributed by atoms with Crippen LogP contribution in [0.2, 0.25) is 0 Å². The van der Waals surface area contributed by atoms with E-state index >= 15 is 0 Å². The Morgan fingerprint density at radius 1 is 1.40 bits per heavy atom. The van der Waals surface area contributed by atoms with Gasteiger partial charge in [-0.3, -0.25) is 9.59 Å². The predicted octanol–water partition coefficient (Wildman–Crippen LogP) is -0.360. The van der Waals surface area contributed by atoms with E-state index in [2.05, 4.69) is 15.6 Å². The monoisotopic (exact) mass is 281 g/mol. The quantitative estimate of drug-likeness (QED) is 0.677. The molecule has 1 aliphatic rings. The first-order chi connectivity index (χ1) is 9.49. The molecule has 0 bridgehead atoms. The van der Waals surface area contributed by atoms with Crippen LogP contribution >= 0.6 is 0 Å². The number of carboxylic acids is 1. The van der Waals surface area contributed by atoms with Gasteiger partial charge in [-0.2, -0.15) is 0 Å². The minimum atomic E-state index is -0.992. The number of aromatic nitrogens is 3. The average Bonchev–Trinajstić information content (AvgIpc) is 2.83. The Balaban J connectivity index is 1.86. The van der Waals surface area contributed by atoms with E-state index in [-0.39, 0.29) is 19.0 Å². The number of rotatable bonds is 5. The zero-order valence-corrected chi connectivity index (χ0v) is 11.2. The van der Waals surface area contributed by atoms with Crippen LogP contribution in [0.1, 0.15) is 37.8 Å². The first-order valence-corrected chi connectivity index (χ1v) is 6.68. The minimum Gasteiger partial charge on any atom is -0.480 e. The summed E-state index contributed by atoms with van der Waals surface area (Å²) in [5.41, 5.74) is 5.84. The van der Waals surface area contributed by atoms with Crippen molar-refractivity contribution in [3.8, 4) is 0 Å². The maximum absolute atomic E-state index is 12.1. The van der Waals surface area contributed by atoms with Gasteiger partial charge in [0.25, 0.3) is 0 Å². The number of carbonyl (C=O) groups is 2. The van der Waals surface area contributed by atoms with Crippen LogP contribution in [-0.4, -0.2) is 37.5 Å². The highest BCUT2D eigenvalue weighted by atomic mass is 16.4. The van der Waals surface area contributed by atoms with Crippen molar-refractivity contribution >= 4 is 11.9 Å². The first kappa shape index (κ1) is 14.4. The summed E-state index contributed by atoms with van der Waals surface area (Å²) in [5, 5.41) is 18.8. The number of hydrogen-bond donors (Lipinski definition) is 3. The standard InChI is InChI=1S/C12H19N5O3/c13-12(4-2-1-3-5-12)11(20)14-6-9-7-17(16-15-9)8-10(18)19/h7H,1-6,8,13H2,(H,14,20)(H,18,19). The second-order valence-corrected chi connectivity index (χ2v) is 5.20. The van der Waals surface area contributed by atoms with Crippen LogP contribution in [0.4, 0.5) is 0 Å². The fraction of sp³-hybridized carbons (Fsp3) is 0.667. The third-order valence-corrected chi connectivity index (χ3v) is 3.51. The molecule has 0 aromatic carbocycles. The molecule has 1 aromatic heterocycles. The normalized spacial score (nSPS) is 17.6. The molecule has 0 saturated heterocycles. The Morgan fingerprint density at radius 2 is 2.10 bits per heavy atom. The zero-order valence-electron chi connectivity index (χ0n) is 11.2. The summed E-state index contributed by atoms with van der Waals surface area (Å²) in [6.45, 7) is -0.0425. The number of nitrogens with zero attached hydrogens (tertiary/aromatic N) is 3. The molecule has 20 heavy (non-hydrogen) atoms. The van der Waals surface area contributed by atoms with Crippen LogP contribution in [0.5, 0.6) is 0 Å². The summed E-state index contributed by atoms with van der Waals surface area (Å²) in [4.78, 5) is 22.6. The van der Waals surface area contributed by atoms with Gasteiger partial charge < -0.3 is 16.2 Å². The Kier molecular flexibility index (Phi) is 4.33. The van der Waals surface area contributed by atoms with E-state index < -0.39 is 11.5 Å². The summed E-state index contributed by atoms with van der Waals surface area (Å²) in [7, 11) is 0. The topological polar surface area (TPSA) is 123 Å². The molecule has 110 valence electrons. The smallest absolute Gasteiger partial charge is 0.325 e. The predicted molar refractivity (Wildman–Crippen MR) is 69.5 cm³/mol. The van der Waals surface area contributed by atoms with E-state index in [1.807, 2.05) is 0 Å². The van der Waals surface area contributed by atoms with Crippen LogP contribution < -0.4 is 11.1 Å². The van der Waals surface area contributed by atoms with E-state index in [1.165, 1.54) is 10.9 Å². The van der Waals surface area contributed by atoms with E-state index in [0.29, 0.717) is 18.5 Å². The second kappa shape index (κ2) is 6.00. The highest BCUT2D eigenvalue weighted by molar-refractivity contribution is 5.86. The van der Waals surface area contributed by atoms with Crippen molar-refractivity contribution in [1.29, 1.82) is 0 Å². The lowest BCUT2D eigenvalue weighted by molar-refractivity contribution is -0.138. The largest absolute Gasteiger partial charge is 0.480 e. The molecule has 4 N–H and O–H groups in total. The molecule has 2 rings (SSSR count). The van der Waals surface area contributed by atoms with Crippen molar-refractivity contribution < 1.29 is 14.7 Å². The van der Waals surface area contributed by atoms with Gasteiger partial charge in [-0.1, -0.05) is 24.5 Å². The molecule has 1 aromatic rings. The van der Waals surface area contributed by atoms with E-state index in [1.54, 1.807) is 0 Å². The molecule has 1 heterocycles. The summed E-state index contributed by atoms with van der Waals surface area (Å²) >= 11 is 0. The van der Waals surface area contributed by atoms with Gasteiger partial charge in [0.05, 0.1) is 18.3 Å². The van der Waals surface area contributed by atoms with Crippen LogP contribution in [0.15, 0.2) is 6.20 Å². The molecule has 0 atom stereocenters. The number of aliphatic carboxylic acids is 1. The van der Waals surface area contributed by atoms with Gasteiger partial charge in [-0.15, -0.1) is 5.10 Å². The van der Waals surface area contributed by atoms with E-state index in [0.717, 1.165) is 19.3 Å². The fourth-order valence-corrected chi connectivity index (χ4v) is 2.39. The van der Waals surface area contributed by atoms with Crippen LogP contribution in [0, 0.1) is 0 Å². The molecular formula is C12H19N5O3. The van der Waals surface area contributed by atoms with Crippen LogP contribution in [-0.2, 0) is 22.7 Å². The SMILES string of the molecule is NC1(C(=O)NCc2cn(CC(=O)O)nn2)CCCCC1. The lowest BCUT2D eigenvalue weighted by atomic mass is 9.82. The number of carboxylic acid groups (broad SMARTS) is 1. The molecule has 0 aliphatic heterocycles. The molecule has 0 unspecified atom stereocenters. The van der Waals surface area contributed by atoms with Gasteiger partial charge in [0.15, 0.2) is 0 Å². The third-order valence-electron chi connectivity index (χ3n) is 3.51. The Morgan fingerprint density at radius 3 is 2.75 bits per heavy atom. The van der Waals surface area contributed by atoms with Gasteiger partial charge in [0.1, 0.15) is 12.2 Å². The number of nitrogens with one attached hydrogen (secondary N) is 1. The molecule has 1 amide bonds. The Labute approximate surface area is 116 Å². The number of hydrogen-bond acceptors (Lipinski definition) is 5. The van der Waals surface area contributed by atoms with Crippen molar-refractivity contribution in [2.75, 3.05) is 0 Å². The molecule has 8 nitrogen and oxygen atoms in total. The molecule has 0 radical (unpaired) electrons. The second-order valence-electron chi connectivity index (χ2n) is 5.20. The van der Waals surface area contributed by atoms with Gasteiger partial charge in [0.2, 0.25) is 5.91 Å². The van der Waals surface area contributed by atoms with Crippen molar-refractivity contribution in [2.45, 2.75) is 50.7 Å². The lowest BCUT2D eigenvalue weighted by Gasteiger charge is -2.31. The third kappa shape index (κ3) is 3.53. The van der Waals surface area contributed by atoms with Crippen molar-refractivity contribution in [2.24, 2.45) is 5.73 Å². The van der Waals surface area contributed by atoms with Crippen LogP contribution in [0.25, 0.3) is 0 Å². The summed E-state index contributed by atoms with van der Waals surface area (Å²) in [6.07, 6.45) is 5.96. The van der Waals surface area contributed by atoms with Gasteiger partial charge in [0, 0.05) is 0 Å². The number of nitrogens with two attached hydrogens (primary N) is 1. The van der Waals surface area contributed by atoms with Crippen LogP contribution in [0.3, 0.4) is 0 Å². The Hall–Kier alpha value is -1.96. The summed E-state index contributed by atoms with van der Waals surface area (Å²) in [6, 6.07) is 0. The molecule has 1 fully saturated rings. The van der Waals surface area contributed by atoms with Gasteiger partial charge in [-0.05, 0) is 12.8 Å². The highest BCUT2D eigenvalue weighted by Gasteiger charge is 2.34. The molecule has 1 saturated carbocycles. The molecular weight excluding hydrogens is 262 g/mol. The van der Waals surface area contributed by atoms with Gasteiger partial charge in [-0.25, -0.2) is 4.68 Å². The average molecular weight is 281 g/mol. The minimum absolute atomic E-state index is 0.176. The van der Waals surface area contributed by atoms with Crippen molar-refractivity contribution in [3.63, 3.8) is 0 Å². The highest BCUT2D eigenvalue weighted by Crippen LogP contribution is 2.25. The number of amides is 1. The van der Waals surface area contributed by atoms with Crippen molar-refractivity contribution in [3.05, 3.63) is 11.9 Å². The molecule has 1 aliphatic carbocycles. The molecule has 8 heteroatoms. The van der Waals surface area contributed by atoms with Crippen molar-refractivity contribution in [1.82, 2.24) is 20.3 Å². The zero-order chi connectivity index (χ0) is 14.6. The first-order valence-electron chi connectivity index (χ1n) is 6.68. The van der Waals surface area contributed by atoms with Gasteiger partial charge >= 0.3 is 5.97 Å². The lowest BCUT2D eigenvalue weighted by Crippen LogP contribution is -2.54. The van der Waals surface area contributed by atoms with E-state index in [4.69, 9.17) is 10.8 Å². The summed E-state index contributed by atoms with van der Waals surface area (Å²) in [5.74, 6) is -1.17. The summed E-state index contributed by atoms with van der Waals surface area (Å²) < 4.78 is 1.21. The van der Waals surface area contributed by atoms with E-state index in [9.17, 15) is 9.59 Å². The fourth-order valence-electron chi connectivity index (χ4n) is 2.39. The maximum Gasteiger partial charge on any atom is 0.325 e. The Bertz CT molecular complexity index is 493. The maximum atomic E-state index is 12.1. The molecule has 0 spiro atoms.